The molecule has 0 unspecified atom stereocenters. The van der Waals surface area contributed by atoms with E-state index in [1.165, 1.54) is 6.07 Å². The minimum absolute atomic E-state index is 0.0677. The first kappa shape index (κ1) is 18.3. The highest BCUT2D eigenvalue weighted by Gasteiger charge is 2.34. The molecule has 0 aliphatic rings. The fourth-order valence-corrected chi connectivity index (χ4v) is 1.64. The van der Waals surface area contributed by atoms with E-state index >= 15 is 0 Å². The van der Waals surface area contributed by atoms with Gasteiger partial charge in [0.25, 0.3) is 0 Å². The van der Waals surface area contributed by atoms with Crippen LogP contribution in [0.1, 0.15) is 5.56 Å². The van der Waals surface area contributed by atoms with Gasteiger partial charge in [-0.2, -0.15) is 13.2 Å². The molecule has 0 fully saturated rings. The van der Waals surface area contributed by atoms with Gasteiger partial charge >= 0.3 is 6.18 Å². The van der Waals surface area contributed by atoms with E-state index in [0.29, 0.717) is 6.41 Å². The minimum Gasteiger partial charge on any atom is -0.497 e. The van der Waals surface area contributed by atoms with Crippen LogP contribution < -0.4 is 14.8 Å². The van der Waals surface area contributed by atoms with E-state index in [4.69, 9.17) is 4.74 Å². The Morgan fingerprint density at radius 3 is 2.09 bits per heavy atom. The molecule has 2 aromatic carbocycles. The van der Waals surface area contributed by atoms with Gasteiger partial charge in [0.05, 0.1) is 19.8 Å². The monoisotopic (exact) mass is 327 g/mol. The Balaban J connectivity index is 0.000000277. The topological polar surface area (TPSA) is 47.6 Å². The summed E-state index contributed by atoms with van der Waals surface area (Å²) in [4.78, 5) is 10.1. The van der Waals surface area contributed by atoms with Gasteiger partial charge in [0, 0.05) is 5.69 Å². The van der Waals surface area contributed by atoms with Crippen molar-refractivity contribution >= 4 is 12.1 Å². The number of halogens is 3. The van der Waals surface area contributed by atoms with Crippen molar-refractivity contribution in [2.75, 3.05) is 19.5 Å². The minimum atomic E-state index is -4.51. The molecule has 0 aliphatic carbocycles. The van der Waals surface area contributed by atoms with Crippen molar-refractivity contribution in [2.45, 2.75) is 6.18 Å². The number of methoxy groups -OCH3 is 2. The lowest BCUT2D eigenvalue weighted by molar-refractivity contribution is -0.138. The molecule has 0 saturated heterocycles. The molecule has 0 aromatic heterocycles. The summed E-state index contributed by atoms with van der Waals surface area (Å²) in [7, 11) is 2.81. The van der Waals surface area contributed by atoms with E-state index in [-0.39, 0.29) is 11.4 Å². The average Bonchev–Trinajstić information content (AvgIpc) is 2.55. The van der Waals surface area contributed by atoms with Crippen molar-refractivity contribution in [2.24, 2.45) is 0 Å². The molecular formula is C16H16F3NO3. The third-order valence-corrected chi connectivity index (χ3v) is 2.71. The second-order valence-electron chi connectivity index (χ2n) is 4.19. The van der Waals surface area contributed by atoms with Crippen molar-refractivity contribution in [3.05, 3.63) is 54.1 Å². The lowest BCUT2D eigenvalue weighted by Gasteiger charge is -2.12. The number of anilines is 1. The van der Waals surface area contributed by atoms with E-state index in [1.807, 2.05) is 30.3 Å². The lowest BCUT2D eigenvalue weighted by Crippen LogP contribution is -2.08. The molecule has 23 heavy (non-hydrogen) atoms. The Kier molecular flexibility index (Phi) is 6.92. The van der Waals surface area contributed by atoms with Gasteiger partial charge in [0.1, 0.15) is 11.5 Å². The molecule has 1 N–H and O–H groups in total. The van der Waals surface area contributed by atoms with Crippen molar-refractivity contribution in [1.29, 1.82) is 0 Å². The average molecular weight is 327 g/mol. The Labute approximate surface area is 131 Å². The maximum Gasteiger partial charge on any atom is 0.420 e. The fourth-order valence-electron chi connectivity index (χ4n) is 1.64. The second kappa shape index (κ2) is 8.67. The van der Waals surface area contributed by atoms with Crippen LogP contribution in [0.5, 0.6) is 11.5 Å². The molecule has 1 amide bonds. The van der Waals surface area contributed by atoms with E-state index in [0.717, 1.165) is 25.0 Å². The van der Waals surface area contributed by atoms with E-state index in [2.05, 4.69) is 10.1 Å². The SMILES string of the molecule is COc1ccc(NC=O)cc1C(F)(F)F.COc1ccccc1. The normalized spacial score (nSPS) is 10.1. The standard InChI is InChI=1S/C9H8F3NO2.C7H8O/c1-15-8-3-2-6(13-5-14)4-7(8)9(10,11)12;1-8-7-5-3-2-4-6-7/h2-5H,1H3,(H,13,14);2-6H,1H3. The fraction of sp³-hybridized carbons (Fsp3) is 0.188. The molecule has 2 rings (SSSR count). The van der Waals surface area contributed by atoms with Gasteiger partial charge in [-0.1, -0.05) is 18.2 Å². The summed E-state index contributed by atoms with van der Waals surface area (Å²) in [6.07, 6.45) is -4.20. The van der Waals surface area contributed by atoms with E-state index < -0.39 is 11.7 Å². The molecule has 4 nitrogen and oxygen atoms in total. The first-order valence-electron chi connectivity index (χ1n) is 6.46. The Morgan fingerprint density at radius 1 is 1.00 bits per heavy atom. The van der Waals surface area contributed by atoms with Gasteiger partial charge in [-0.15, -0.1) is 0 Å². The summed E-state index contributed by atoms with van der Waals surface area (Å²) in [6, 6.07) is 13.0. The van der Waals surface area contributed by atoms with Crippen molar-refractivity contribution in [3.8, 4) is 11.5 Å². The number of carbonyl (C=O) groups excluding carboxylic acids is 1. The first-order chi connectivity index (χ1) is 10.9. The third-order valence-electron chi connectivity index (χ3n) is 2.71. The smallest absolute Gasteiger partial charge is 0.420 e. The van der Waals surface area contributed by atoms with Crippen LogP contribution in [0.3, 0.4) is 0 Å². The highest BCUT2D eigenvalue weighted by molar-refractivity contribution is 5.72. The van der Waals surface area contributed by atoms with Gasteiger partial charge in [-0.3, -0.25) is 4.79 Å². The number of benzene rings is 2. The van der Waals surface area contributed by atoms with Gasteiger partial charge in [-0.25, -0.2) is 0 Å². The van der Waals surface area contributed by atoms with Crippen molar-refractivity contribution < 1.29 is 27.4 Å². The molecule has 2 aromatic rings. The summed E-state index contributed by atoms with van der Waals surface area (Å²) in [5.41, 5.74) is -0.852. The molecule has 0 spiro atoms. The predicted octanol–water partition coefficient (Wildman–Crippen LogP) is 3.98. The van der Waals surface area contributed by atoms with Crippen LogP contribution in [0, 0.1) is 0 Å². The van der Waals surface area contributed by atoms with Crippen LogP contribution in [0.2, 0.25) is 0 Å². The maximum atomic E-state index is 12.5. The summed E-state index contributed by atoms with van der Waals surface area (Å²) in [6.45, 7) is 0. The maximum absolute atomic E-state index is 12.5. The van der Waals surface area contributed by atoms with Crippen LogP contribution in [-0.2, 0) is 11.0 Å². The molecule has 7 heteroatoms. The van der Waals surface area contributed by atoms with Gasteiger partial charge < -0.3 is 14.8 Å². The van der Waals surface area contributed by atoms with Crippen LogP contribution in [0.25, 0.3) is 0 Å². The number of alkyl halides is 3. The number of amides is 1. The number of hydrogen-bond acceptors (Lipinski definition) is 3. The summed E-state index contributed by atoms with van der Waals surface area (Å²) in [5.74, 6) is 0.631. The Bertz CT molecular complexity index is 616. The molecule has 0 bridgehead atoms. The molecule has 0 atom stereocenters. The Hall–Kier alpha value is -2.70. The van der Waals surface area contributed by atoms with Crippen LogP contribution in [0.15, 0.2) is 48.5 Å². The Morgan fingerprint density at radius 2 is 1.65 bits per heavy atom. The molecule has 0 saturated carbocycles. The van der Waals surface area contributed by atoms with E-state index in [1.54, 1.807) is 7.11 Å². The number of nitrogens with one attached hydrogen (secondary N) is 1. The molecule has 0 heterocycles. The number of hydrogen-bond donors (Lipinski definition) is 1. The quantitative estimate of drug-likeness (QED) is 0.864. The van der Waals surface area contributed by atoms with Crippen molar-refractivity contribution in [1.82, 2.24) is 0 Å². The van der Waals surface area contributed by atoms with Gasteiger partial charge in [0.2, 0.25) is 6.41 Å². The van der Waals surface area contributed by atoms with Crippen molar-refractivity contribution in [3.63, 3.8) is 0 Å². The third kappa shape index (κ3) is 5.90. The second-order valence-corrected chi connectivity index (χ2v) is 4.19. The number of carbonyl (C=O) groups is 1. The largest absolute Gasteiger partial charge is 0.497 e. The summed E-state index contributed by atoms with van der Waals surface area (Å²) < 4.78 is 46.9. The van der Waals surface area contributed by atoms with Gasteiger partial charge in [0.15, 0.2) is 0 Å². The number of rotatable bonds is 4. The van der Waals surface area contributed by atoms with Crippen LogP contribution in [0.4, 0.5) is 18.9 Å². The summed E-state index contributed by atoms with van der Waals surface area (Å²) in [5, 5.41) is 2.14. The zero-order valence-corrected chi connectivity index (χ0v) is 12.6. The zero-order valence-electron chi connectivity index (χ0n) is 12.6. The molecule has 0 aliphatic heterocycles. The summed E-state index contributed by atoms with van der Waals surface area (Å²) >= 11 is 0. The highest BCUT2D eigenvalue weighted by atomic mass is 19.4. The molecule has 124 valence electrons. The number of para-hydroxylation sites is 1. The lowest BCUT2D eigenvalue weighted by atomic mass is 10.1. The highest BCUT2D eigenvalue weighted by Crippen LogP contribution is 2.37. The first-order valence-corrected chi connectivity index (χ1v) is 6.46. The molecular weight excluding hydrogens is 311 g/mol. The van der Waals surface area contributed by atoms with E-state index in [9.17, 15) is 18.0 Å². The predicted molar refractivity (Wildman–Crippen MR) is 80.7 cm³/mol. The van der Waals surface area contributed by atoms with Crippen LogP contribution >= 0.6 is 0 Å². The van der Waals surface area contributed by atoms with Gasteiger partial charge in [-0.05, 0) is 30.3 Å². The zero-order chi connectivity index (χ0) is 17.3. The number of ether oxygens (including phenoxy) is 2. The molecule has 0 radical (unpaired) electrons. The van der Waals surface area contributed by atoms with Crippen LogP contribution in [-0.4, -0.2) is 20.6 Å².